The minimum atomic E-state index is -0.713. The number of rotatable bonds is 2. The predicted molar refractivity (Wildman–Crippen MR) is 82.2 cm³/mol. The highest BCUT2D eigenvalue weighted by atomic mass is 79.9. The Morgan fingerprint density at radius 2 is 2.00 bits per heavy atom. The van der Waals surface area contributed by atoms with Gasteiger partial charge in [-0.25, -0.2) is 0 Å². The van der Waals surface area contributed by atoms with Crippen LogP contribution in [0.2, 0.25) is 0 Å². The van der Waals surface area contributed by atoms with Crippen LogP contribution in [0.5, 0.6) is 0 Å². The summed E-state index contributed by atoms with van der Waals surface area (Å²) in [5.74, 6) is 0.657. The van der Waals surface area contributed by atoms with E-state index < -0.39 is 6.10 Å². The van der Waals surface area contributed by atoms with Crippen LogP contribution >= 0.6 is 15.9 Å². The van der Waals surface area contributed by atoms with Crippen LogP contribution in [-0.4, -0.2) is 10.9 Å². The number of carbonyl (C=O) groups excluding carboxylic acids is 1. The Hall–Kier alpha value is -0.930. The summed E-state index contributed by atoms with van der Waals surface area (Å²) in [5.41, 5.74) is 2.06. The van der Waals surface area contributed by atoms with E-state index in [-0.39, 0.29) is 17.6 Å². The second-order valence-corrected chi connectivity index (χ2v) is 7.04. The molecule has 1 N–H and O–H groups in total. The molecule has 106 valence electrons. The van der Waals surface area contributed by atoms with Gasteiger partial charge in [-0.1, -0.05) is 46.3 Å². The smallest absolute Gasteiger partial charge is 0.139 e. The normalized spacial score (nSPS) is 31.2. The molecule has 1 aromatic rings. The third-order valence-corrected chi connectivity index (χ3v) is 5.42. The van der Waals surface area contributed by atoms with Crippen molar-refractivity contribution in [1.29, 1.82) is 0 Å². The van der Waals surface area contributed by atoms with Crippen molar-refractivity contribution >= 4 is 21.7 Å². The average Bonchev–Trinajstić information content (AvgIpc) is 2.37. The predicted octanol–water partition coefficient (Wildman–Crippen LogP) is 4.04. The Labute approximate surface area is 128 Å². The molecule has 4 atom stereocenters. The van der Waals surface area contributed by atoms with Crippen LogP contribution < -0.4 is 0 Å². The zero-order chi connectivity index (χ0) is 14.3. The molecule has 20 heavy (non-hydrogen) atoms. The molecule has 2 aliphatic carbocycles. The molecule has 0 aromatic heterocycles. The van der Waals surface area contributed by atoms with Crippen molar-refractivity contribution < 1.29 is 9.90 Å². The molecule has 3 rings (SSSR count). The molecule has 0 heterocycles. The molecule has 0 radical (unpaired) electrons. The average molecular weight is 335 g/mol. The maximum absolute atomic E-state index is 12.4. The van der Waals surface area contributed by atoms with E-state index in [0.29, 0.717) is 12.3 Å². The van der Waals surface area contributed by atoms with Gasteiger partial charge in [0.2, 0.25) is 0 Å². The monoisotopic (exact) mass is 334 g/mol. The number of Topliss-reactive ketones (excluding diaryl/α,β-unsaturated/α-hetero) is 1. The van der Waals surface area contributed by atoms with Crippen molar-refractivity contribution in [3.8, 4) is 0 Å². The minimum absolute atomic E-state index is 0.224. The van der Waals surface area contributed by atoms with E-state index in [0.717, 1.165) is 29.3 Å². The second-order valence-electron chi connectivity index (χ2n) is 6.18. The molecule has 0 spiro atoms. The van der Waals surface area contributed by atoms with E-state index in [9.17, 15) is 9.90 Å². The molecule has 3 unspecified atom stereocenters. The zero-order valence-corrected chi connectivity index (χ0v) is 13.0. The summed E-state index contributed by atoms with van der Waals surface area (Å²) < 4.78 is 0.872. The fourth-order valence-corrected chi connectivity index (χ4v) is 4.43. The second kappa shape index (κ2) is 5.45. The number of ketones is 1. The van der Waals surface area contributed by atoms with Crippen molar-refractivity contribution in [3.63, 3.8) is 0 Å². The molecule has 1 aromatic carbocycles. The number of halogens is 1. The fourth-order valence-electron chi connectivity index (χ4n) is 3.91. The van der Waals surface area contributed by atoms with Crippen LogP contribution in [0.1, 0.15) is 37.4 Å². The van der Waals surface area contributed by atoms with E-state index in [1.54, 1.807) is 0 Å². The van der Waals surface area contributed by atoms with Gasteiger partial charge < -0.3 is 5.11 Å². The lowest BCUT2D eigenvalue weighted by molar-refractivity contribution is -0.134. The molecule has 2 nitrogen and oxygen atoms in total. The van der Waals surface area contributed by atoms with Crippen LogP contribution in [0.15, 0.2) is 40.9 Å². The third-order valence-electron chi connectivity index (χ3n) is 4.70. The lowest BCUT2D eigenvalue weighted by Crippen LogP contribution is -2.39. The summed E-state index contributed by atoms with van der Waals surface area (Å²) in [6, 6.07) is 7.63. The first-order valence-corrected chi connectivity index (χ1v) is 7.97. The van der Waals surface area contributed by atoms with Crippen LogP contribution in [0.4, 0.5) is 0 Å². The Balaban J connectivity index is 1.90. The summed E-state index contributed by atoms with van der Waals surface area (Å²) in [7, 11) is 0. The van der Waals surface area contributed by atoms with E-state index in [2.05, 4.69) is 22.5 Å². The van der Waals surface area contributed by atoms with Gasteiger partial charge in [0, 0.05) is 10.9 Å². The number of carbonyl (C=O) groups is 1. The first-order valence-electron chi connectivity index (χ1n) is 7.18. The quantitative estimate of drug-likeness (QED) is 0.828. The van der Waals surface area contributed by atoms with Crippen LogP contribution in [0.3, 0.4) is 0 Å². The molecule has 0 aliphatic heterocycles. The summed E-state index contributed by atoms with van der Waals surface area (Å²) in [5, 5.41) is 10.7. The number of allylic oxidation sites excluding steroid dienone is 1. The largest absolute Gasteiger partial charge is 0.388 e. The molecule has 0 amide bonds. The highest BCUT2D eigenvalue weighted by molar-refractivity contribution is 9.10. The van der Waals surface area contributed by atoms with Crippen LogP contribution in [0.25, 0.3) is 0 Å². The molecule has 2 bridgehead atoms. The highest BCUT2D eigenvalue weighted by Crippen LogP contribution is 2.47. The number of hydrogen-bond donors (Lipinski definition) is 1. The van der Waals surface area contributed by atoms with Crippen molar-refractivity contribution in [1.82, 2.24) is 0 Å². The van der Waals surface area contributed by atoms with Crippen molar-refractivity contribution in [2.45, 2.75) is 31.8 Å². The topological polar surface area (TPSA) is 37.3 Å². The van der Waals surface area contributed by atoms with Gasteiger partial charge in [-0.05, 0) is 42.7 Å². The zero-order valence-electron chi connectivity index (χ0n) is 11.4. The third kappa shape index (κ3) is 2.49. The van der Waals surface area contributed by atoms with Crippen molar-refractivity contribution in [2.24, 2.45) is 17.8 Å². The number of aliphatic hydroxyl groups excluding tert-OH is 1. The van der Waals surface area contributed by atoms with Gasteiger partial charge in [0.05, 0.1) is 12.0 Å². The SMILES string of the molecule is C=C1CC2CC(=O)C([C@H](O)c3ccccc3Br)C(C1)C2. The van der Waals surface area contributed by atoms with E-state index in [4.69, 9.17) is 0 Å². The maximum Gasteiger partial charge on any atom is 0.139 e. The summed E-state index contributed by atoms with van der Waals surface area (Å²) in [6.07, 6.45) is 2.81. The first-order chi connectivity index (χ1) is 9.56. The number of fused-ring (bicyclic) bond motifs is 2. The van der Waals surface area contributed by atoms with E-state index >= 15 is 0 Å². The Bertz CT molecular complexity index is 552. The number of hydrogen-bond acceptors (Lipinski definition) is 2. The van der Waals surface area contributed by atoms with Crippen LogP contribution in [0, 0.1) is 17.8 Å². The first kappa shape index (κ1) is 14.0. The number of aliphatic hydroxyl groups is 1. The summed E-state index contributed by atoms with van der Waals surface area (Å²) >= 11 is 3.47. The van der Waals surface area contributed by atoms with E-state index in [1.165, 1.54) is 5.57 Å². The van der Waals surface area contributed by atoms with Crippen molar-refractivity contribution in [2.75, 3.05) is 0 Å². The lowest BCUT2D eigenvalue weighted by atomic mass is 9.63. The molecular weight excluding hydrogens is 316 g/mol. The summed E-state index contributed by atoms with van der Waals surface area (Å²) in [4.78, 5) is 12.4. The molecule has 2 saturated carbocycles. The lowest BCUT2D eigenvalue weighted by Gasteiger charge is -2.42. The minimum Gasteiger partial charge on any atom is -0.388 e. The molecule has 3 heteroatoms. The molecule has 2 fully saturated rings. The Morgan fingerprint density at radius 3 is 2.75 bits per heavy atom. The Kier molecular flexibility index (Phi) is 3.83. The van der Waals surface area contributed by atoms with Gasteiger partial charge in [-0.15, -0.1) is 0 Å². The van der Waals surface area contributed by atoms with Crippen LogP contribution in [-0.2, 0) is 4.79 Å². The maximum atomic E-state index is 12.4. The van der Waals surface area contributed by atoms with Gasteiger partial charge in [0.15, 0.2) is 0 Å². The standard InChI is InChI=1S/C17H19BrO2/c1-10-6-11-8-12(7-10)16(15(19)9-11)17(20)13-4-2-3-5-14(13)18/h2-5,11-12,16-17,20H,1,6-9H2/t11?,12?,16?,17-/m1/s1. The van der Waals surface area contributed by atoms with Gasteiger partial charge >= 0.3 is 0 Å². The van der Waals surface area contributed by atoms with Gasteiger partial charge in [-0.2, -0.15) is 0 Å². The highest BCUT2D eigenvalue weighted by Gasteiger charge is 2.43. The molecule has 2 aliphatic rings. The number of benzene rings is 1. The van der Waals surface area contributed by atoms with E-state index in [1.807, 2.05) is 24.3 Å². The fraction of sp³-hybridized carbons (Fsp3) is 0.471. The molecular formula is C17H19BrO2. The van der Waals surface area contributed by atoms with Crippen molar-refractivity contribution in [3.05, 3.63) is 46.5 Å². The Morgan fingerprint density at radius 1 is 1.25 bits per heavy atom. The van der Waals surface area contributed by atoms with Gasteiger partial charge in [0.25, 0.3) is 0 Å². The summed E-state index contributed by atoms with van der Waals surface area (Å²) in [6.45, 7) is 4.10. The molecule has 0 saturated heterocycles. The van der Waals surface area contributed by atoms with Gasteiger partial charge in [0.1, 0.15) is 5.78 Å². The van der Waals surface area contributed by atoms with Gasteiger partial charge in [-0.3, -0.25) is 4.79 Å².